The minimum atomic E-state index is -4.28. The van der Waals surface area contributed by atoms with Crippen LogP contribution in [0.2, 0.25) is 0 Å². The van der Waals surface area contributed by atoms with Crippen LogP contribution < -0.4 is 10.6 Å². The Hall–Kier alpha value is -0.820. The highest BCUT2D eigenvalue weighted by atomic mass is 19.4. The van der Waals surface area contributed by atoms with E-state index in [1.165, 1.54) is 0 Å². The van der Waals surface area contributed by atoms with Crippen LogP contribution in [0.3, 0.4) is 0 Å². The number of hydrogen-bond donors (Lipinski definition) is 2. The third-order valence-electron chi connectivity index (χ3n) is 1.75. The molecule has 0 aliphatic heterocycles. The number of hydrogen-bond acceptors (Lipinski definition) is 3. The first-order valence-electron chi connectivity index (χ1n) is 5.57. The number of alkyl halides is 3. The molecule has 0 spiro atoms. The molecular weight excluding hydrogens is 237 g/mol. The van der Waals surface area contributed by atoms with Crippen LogP contribution in [-0.4, -0.2) is 44.9 Å². The van der Waals surface area contributed by atoms with Gasteiger partial charge in [0.25, 0.3) is 0 Å². The van der Waals surface area contributed by atoms with E-state index >= 15 is 0 Å². The molecule has 0 rings (SSSR count). The predicted octanol–water partition coefficient (Wildman–Crippen LogP) is 1.07. The molecule has 102 valence electrons. The Labute approximate surface area is 98.9 Å². The average Bonchev–Trinajstić information content (AvgIpc) is 2.21. The zero-order valence-electron chi connectivity index (χ0n) is 9.90. The van der Waals surface area contributed by atoms with E-state index in [0.717, 1.165) is 6.42 Å². The van der Waals surface area contributed by atoms with Gasteiger partial charge >= 0.3 is 6.18 Å². The van der Waals surface area contributed by atoms with E-state index in [1.54, 1.807) is 0 Å². The van der Waals surface area contributed by atoms with Gasteiger partial charge in [-0.2, -0.15) is 13.2 Å². The maximum atomic E-state index is 11.7. The number of amides is 1. The van der Waals surface area contributed by atoms with E-state index in [4.69, 9.17) is 4.74 Å². The second-order valence-corrected chi connectivity index (χ2v) is 3.53. The fraction of sp³-hybridized carbons (Fsp3) is 0.900. The van der Waals surface area contributed by atoms with Gasteiger partial charge in [-0.1, -0.05) is 6.92 Å². The number of carbonyl (C=O) groups is 1. The maximum absolute atomic E-state index is 11.7. The van der Waals surface area contributed by atoms with Crippen LogP contribution in [0.1, 0.15) is 19.8 Å². The van der Waals surface area contributed by atoms with E-state index < -0.39 is 18.6 Å². The Morgan fingerprint density at radius 2 is 2.00 bits per heavy atom. The van der Waals surface area contributed by atoms with Gasteiger partial charge in [-0.3, -0.25) is 4.79 Å². The van der Waals surface area contributed by atoms with Crippen molar-refractivity contribution in [1.82, 2.24) is 10.6 Å². The number of nitrogens with one attached hydrogen (secondary N) is 2. The molecule has 7 heteroatoms. The molecule has 0 aromatic heterocycles. The van der Waals surface area contributed by atoms with E-state index in [2.05, 4.69) is 5.32 Å². The molecule has 0 heterocycles. The Bertz CT molecular complexity index is 210. The second-order valence-electron chi connectivity index (χ2n) is 3.53. The van der Waals surface area contributed by atoms with E-state index in [1.807, 2.05) is 12.2 Å². The number of halogens is 3. The number of carbonyl (C=O) groups excluding carboxylic acids is 1. The van der Waals surface area contributed by atoms with Crippen molar-refractivity contribution >= 4 is 5.91 Å². The van der Waals surface area contributed by atoms with Gasteiger partial charge in [-0.25, -0.2) is 0 Å². The first-order chi connectivity index (χ1) is 7.95. The summed E-state index contributed by atoms with van der Waals surface area (Å²) in [6.07, 6.45) is -2.69. The lowest BCUT2D eigenvalue weighted by atomic mass is 10.4. The summed E-state index contributed by atoms with van der Waals surface area (Å²) in [6.45, 7) is 2.16. The minimum Gasteiger partial charge on any atom is -0.381 e. The SMILES string of the molecule is CCCOCCCNC(=O)CNCC(F)(F)F. The van der Waals surface area contributed by atoms with Gasteiger partial charge in [0.1, 0.15) is 0 Å². The van der Waals surface area contributed by atoms with Crippen LogP contribution in [0.15, 0.2) is 0 Å². The summed E-state index contributed by atoms with van der Waals surface area (Å²) < 4.78 is 40.3. The van der Waals surface area contributed by atoms with Crippen molar-refractivity contribution in [3.05, 3.63) is 0 Å². The van der Waals surface area contributed by atoms with Crippen LogP contribution in [0.5, 0.6) is 0 Å². The van der Waals surface area contributed by atoms with Gasteiger partial charge in [-0.05, 0) is 12.8 Å². The van der Waals surface area contributed by atoms with Gasteiger partial charge < -0.3 is 15.4 Å². The first kappa shape index (κ1) is 16.2. The van der Waals surface area contributed by atoms with Crippen LogP contribution in [0, 0.1) is 0 Å². The Morgan fingerprint density at radius 3 is 2.59 bits per heavy atom. The third-order valence-corrected chi connectivity index (χ3v) is 1.75. The monoisotopic (exact) mass is 256 g/mol. The minimum absolute atomic E-state index is 0.324. The largest absolute Gasteiger partial charge is 0.401 e. The van der Waals surface area contributed by atoms with Crippen molar-refractivity contribution < 1.29 is 22.7 Å². The lowest BCUT2D eigenvalue weighted by Crippen LogP contribution is -2.38. The molecular formula is C10H19F3N2O2. The van der Waals surface area contributed by atoms with Crippen LogP contribution >= 0.6 is 0 Å². The third kappa shape index (κ3) is 13.1. The molecule has 0 aromatic rings. The van der Waals surface area contributed by atoms with Crippen molar-refractivity contribution in [2.75, 3.05) is 32.8 Å². The standard InChI is InChI=1S/C10H19F3N2O2/c1-2-5-17-6-3-4-15-9(16)7-14-8-10(11,12)13/h14H,2-8H2,1H3,(H,15,16). The lowest BCUT2D eigenvalue weighted by molar-refractivity contribution is -0.128. The van der Waals surface area contributed by atoms with Crippen LogP contribution in [0.4, 0.5) is 13.2 Å². The van der Waals surface area contributed by atoms with Crippen molar-refractivity contribution in [3.8, 4) is 0 Å². The van der Waals surface area contributed by atoms with E-state index in [9.17, 15) is 18.0 Å². The molecule has 0 atom stereocenters. The number of rotatable bonds is 9. The van der Waals surface area contributed by atoms with Crippen molar-refractivity contribution in [3.63, 3.8) is 0 Å². The molecule has 0 bridgehead atoms. The van der Waals surface area contributed by atoms with E-state index in [-0.39, 0.29) is 6.54 Å². The fourth-order valence-corrected chi connectivity index (χ4v) is 1.03. The molecule has 1 amide bonds. The summed E-state index contributed by atoms with van der Waals surface area (Å²) >= 11 is 0. The molecule has 0 saturated heterocycles. The molecule has 0 aromatic carbocycles. The summed E-state index contributed by atoms with van der Waals surface area (Å²) in [5, 5.41) is 4.52. The van der Waals surface area contributed by atoms with Crippen LogP contribution in [-0.2, 0) is 9.53 Å². The van der Waals surface area contributed by atoms with Gasteiger partial charge in [-0.15, -0.1) is 0 Å². The molecule has 4 nitrogen and oxygen atoms in total. The smallest absolute Gasteiger partial charge is 0.381 e. The Morgan fingerprint density at radius 1 is 1.29 bits per heavy atom. The normalized spacial score (nSPS) is 11.5. The number of ether oxygens (including phenoxy) is 1. The first-order valence-corrected chi connectivity index (χ1v) is 5.57. The molecule has 0 saturated carbocycles. The van der Waals surface area contributed by atoms with Crippen molar-refractivity contribution in [2.45, 2.75) is 25.9 Å². The average molecular weight is 256 g/mol. The quantitative estimate of drug-likeness (QED) is 0.607. The summed E-state index contributed by atoms with van der Waals surface area (Å²) in [5.41, 5.74) is 0. The molecule has 0 aliphatic carbocycles. The maximum Gasteiger partial charge on any atom is 0.401 e. The summed E-state index contributed by atoms with van der Waals surface area (Å²) in [6, 6.07) is 0. The van der Waals surface area contributed by atoms with Crippen LogP contribution in [0.25, 0.3) is 0 Å². The molecule has 0 radical (unpaired) electrons. The Kier molecular flexibility index (Phi) is 8.79. The highest BCUT2D eigenvalue weighted by molar-refractivity contribution is 5.77. The summed E-state index contributed by atoms with van der Waals surface area (Å²) in [7, 11) is 0. The highest BCUT2D eigenvalue weighted by Crippen LogP contribution is 2.11. The zero-order chi connectivity index (χ0) is 13.1. The lowest BCUT2D eigenvalue weighted by Gasteiger charge is -2.08. The molecule has 0 unspecified atom stereocenters. The topological polar surface area (TPSA) is 50.4 Å². The van der Waals surface area contributed by atoms with Gasteiger partial charge in [0.05, 0.1) is 13.1 Å². The highest BCUT2D eigenvalue weighted by Gasteiger charge is 2.26. The van der Waals surface area contributed by atoms with Gasteiger partial charge in [0.15, 0.2) is 0 Å². The molecule has 17 heavy (non-hydrogen) atoms. The summed E-state index contributed by atoms with van der Waals surface area (Å²) in [5.74, 6) is -0.440. The Balaban J connectivity index is 3.29. The van der Waals surface area contributed by atoms with E-state index in [0.29, 0.717) is 26.2 Å². The van der Waals surface area contributed by atoms with Gasteiger partial charge in [0.2, 0.25) is 5.91 Å². The molecule has 0 aliphatic rings. The van der Waals surface area contributed by atoms with Gasteiger partial charge in [0, 0.05) is 19.8 Å². The second kappa shape index (κ2) is 9.23. The van der Waals surface area contributed by atoms with Crippen molar-refractivity contribution in [1.29, 1.82) is 0 Å². The fourth-order valence-electron chi connectivity index (χ4n) is 1.03. The molecule has 2 N–H and O–H groups in total. The predicted molar refractivity (Wildman–Crippen MR) is 57.7 cm³/mol. The summed E-state index contributed by atoms with van der Waals surface area (Å²) in [4.78, 5) is 11.0. The molecule has 0 fully saturated rings. The zero-order valence-corrected chi connectivity index (χ0v) is 9.90. The van der Waals surface area contributed by atoms with Crippen molar-refractivity contribution in [2.24, 2.45) is 0 Å².